The van der Waals surface area contributed by atoms with Crippen LogP contribution in [0.3, 0.4) is 0 Å². The van der Waals surface area contributed by atoms with Gasteiger partial charge in [-0.05, 0) is 18.1 Å². The molecular weight excluding hydrogens is 385 g/mol. The number of hydrogen-bond acceptors (Lipinski definition) is 5. The van der Waals surface area contributed by atoms with Gasteiger partial charge in [0.2, 0.25) is 17.8 Å². The van der Waals surface area contributed by atoms with Crippen LogP contribution in [-0.2, 0) is 16.0 Å². The highest BCUT2D eigenvalue weighted by molar-refractivity contribution is 6.30. The molecule has 1 N–H and O–H groups in total. The van der Waals surface area contributed by atoms with E-state index in [0.29, 0.717) is 42.7 Å². The lowest BCUT2D eigenvalue weighted by molar-refractivity contribution is -0.148. The molecule has 2 aliphatic heterocycles. The zero-order valence-electron chi connectivity index (χ0n) is 15.1. The van der Waals surface area contributed by atoms with Crippen LogP contribution in [-0.4, -0.2) is 59.4 Å². The number of nitrogens with one attached hydrogen (secondary N) is 1. The molecule has 0 saturated carbocycles. The first-order valence-corrected chi connectivity index (χ1v) is 9.37. The van der Waals surface area contributed by atoms with Crippen LogP contribution in [0, 0.1) is 11.2 Å². The van der Waals surface area contributed by atoms with Crippen molar-refractivity contribution in [1.29, 1.82) is 0 Å². The Bertz CT molecular complexity index is 901. The number of amides is 2. The molecule has 0 aliphatic carbocycles. The van der Waals surface area contributed by atoms with Gasteiger partial charge in [0.05, 0.1) is 29.4 Å². The topological polar surface area (TPSA) is 78.4 Å². The molecule has 146 valence electrons. The lowest BCUT2D eigenvalue weighted by atomic mass is 9.73. The Morgan fingerprint density at radius 2 is 1.96 bits per heavy atom. The number of carbonyl (C=O) groups is 2. The lowest BCUT2D eigenvalue weighted by Gasteiger charge is -2.51. The number of piperazine rings is 1. The fourth-order valence-corrected chi connectivity index (χ4v) is 3.87. The summed E-state index contributed by atoms with van der Waals surface area (Å²) < 4.78 is 14.3. The van der Waals surface area contributed by atoms with Crippen molar-refractivity contribution in [2.45, 2.75) is 6.42 Å². The summed E-state index contributed by atoms with van der Waals surface area (Å²) in [5.41, 5.74) is -0.350. The summed E-state index contributed by atoms with van der Waals surface area (Å²) in [7, 11) is 0. The van der Waals surface area contributed by atoms with Crippen molar-refractivity contribution in [1.82, 2.24) is 20.2 Å². The van der Waals surface area contributed by atoms with E-state index in [9.17, 15) is 14.0 Å². The van der Waals surface area contributed by atoms with Crippen LogP contribution in [0.1, 0.15) is 5.56 Å². The molecule has 2 fully saturated rings. The Morgan fingerprint density at radius 3 is 2.64 bits per heavy atom. The highest BCUT2D eigenvalue weighted by Gasteiger charge is 2.52. The largest absolute Gasteiger partial charge is 0.353 e. The van der Waals surface area contributed by atoms with Gasteiger partial charge in [0.25, 0.3) is 0 Å². The number of rotatable bonds is 4. The van der Waals surface area contributed by atoms with Crippen LogP contribution < -0.4 is 10.2 Å². The molecule has 7 nitrogen and oxygen atoms in total. The number of anilines is 1. The Labute approximate surface area is 166 Å². The molecule has 3 heterocycles. The fraction of sp³-hybridized carbons (Fsp3) is 0.368. The van der Waals surface area contributed by atoms with Gasteiger partial charge in [0, 0.05) is 26.2 Å². The second-order valence-corrected chi connectivity index (χ2v) is 7.62. The van der Waals surface area contributed by atoms with E-state index in [-0.39, 0.29) is 30.6 Å². The molecule has 0 spiro atoms. The van der Waals surface area contributed by atoms with Gasteiger partial charge in [-0.2, -0.15) is 0 Å². The SMILES string of the molecule is O=C1CN(C(=O)C2(Cc3ccccc3F)CN(c3ncc(Cl)cn3)C2)CCN1. The minimum atomic E-state index is -0.831. The van der Waals surface area contributed by atoms with Crippen molar-refractivity contribution >= 4 is 29.4 Å². The Balaban J connectivity index is 1.59. The normalized spacial score (nSPS) is 18.4. The predicted molar refractivity (Wildman–Crippen MR) is 101 cm³/mol. The first kappa shape index (κ1) is 18.6. The summed E-state index contributed by atoms with van der Waals surface area (Å²) in [6.07, 6.45) is 3.25. The van der Waals surface area contributed by atoms with Gasteiger partial charge in [-0.1, -0.05) is 29.8 Å². The number of halogens is 2. The monoisotopic (exact) mass is 403 g/mol. The summed E-state index contributed by atoms with van der Waals surface area (Å²) in [6, 6.07) is 6.45. The highest BCUT2D eigenvalue weighted by Crippen LogP contribution is 2.38. The van der Waals surface area contributed by atoms with E-state index in [0.717, 1.165) is 0 Å². The van der Waals surface area contributed by atoms with Crippen molar-refractivity contribution in [2.75, 3.05) is 37.6 Å². The molecule has 1 aromatic heterocycles. The Kier molecular flexibility index (Phi) is 4.89. The molecule has 4 rings (SSSR count). The minimum Gasteiger partial charge on any atom is -0.353 e. The summed E-state index contributed by atoms with van der Waals surface area (Å²) >= 11 is 5.84. The molecule has 2 aromatic rings. The van der Waals surface area contributed by atoms with Crippen molar-refractivity contribution in [3.8, 4) is 0 Å². The first-order valence-electron chi connectivity index (χ1n) is 8.99. The third kappa shape index (κ3) is 3.52. The van der Waals surface area contributed by atoms with Gasteiger partial charge in [-0.25, -0.2) is 14.4 Å². The average molecular weight is 404 g/mol. The van der Waals surface area contributed by atoms with Gasteiger partial charge < -0.3 is 15.1 Å². The van der Waals surface area contributed by atoms with Crippen LogP contribution in [0.25, 0.3) is 0 Å². The van der Waals surface area contributed by atoms with Gasteiger partial charge in [0.15, 0.2) is 0 Å². The maximum Gasteiger partial charge on any atom is 0.239 e. The smallest absolute Gasteiger partial charge is 0.239 e. The third-order valence-corrected chi connectivity index (χ3v) is 5.34. The second kappa shape index (κ2) is 7.35. The minimum absolute atomic E-state index is 0.0231. The molecule has 0 radical (unpaired) electrons. The second-order valence-electron chi connectivity index (χ2n) is 7.18. The van der Waals surface area contributed by atoms with Crippen molar-refractivity contribution in [3.63, 3.8) is 0 Å². The summed E-state index contributed by atoms with van der Waals surface area (Å²) in [4.78, 5) is 36.9. The summed E-state index contributed by atoms with van der Waals surface area (Å²) in [6.45, 7) is 1.58. The van der Waals surface area contributed by atoms with Gasteiger partial charge in [-0.15, -0.1) is 0 Å². The Morgan fingerprint density at radius 1 is 1.25 bits per heavy atom. The van der Waals surface area contributed by atoms with Crippen LogP contribution in [0.4, 0.5) is 10.3 Å². The third-order valence-electron chi connectivity index (χ3n) is 5.14. The van der Waals surface area contributed by atoms with Crippen LogP contribution in [0.5, 0.6) is 0 Å². The van der Waals surface area contributed by atoms with E-state index in [1.807, 2.05) is 4.90 Å². The fourth-order valence-electron chi connectivity index (χ4n) is 3.77. The number of benzene rings is 1. The molecule has 0 atom stereocenters. The first-order chi connectivity index (χ1) is 13.5. The maximum atomic E-state index is 14.3. The maximum absolute atomic E-state index is 14.3. The molecule has 0 unspecified atom stereocenters. The molecule has 1 aromatic carbocycles. The number of aromatic nitrogens is 2. The average Bonchev–Trinajstić information content (AvgIpc) is 2.66. The van der Waals surface area contributed by atoms with Crippen LogP contribution in [0.2, 0.25) is 5.02 Å². The summed E-state index contributed by atoms with van der Waals surface area (Å²) in [5, 5.41) is 3.15. The van der Waals surface area contributed by atoms with E-state index in [2.05, 4.69) is 15.3 Å². The molecule has 9 heteroatoms. The van der Waals surface area contributed by atoms with Crippen LogP contribution in [0.15, 0.2) is 36.7 Å². The van der Waals surface area contributed by atoms with Gasteiger partial charge in [-0.3, -0.25) is 9.59 Å². The zero-order chi connectivity index (χ0) is 19.7. The highest BCUT2D eigenvalue weighted by atomic mass is 35.5. The van der Waals surface area contributed by atoms with Crippen molar-refractivity contribution < 1.29 is 14.0 Å². The standard InChI is InChI=1S/C19H19ClFN5O2/c20-14-8-23-18(24-9-14)26-11-19(12-26,7-13-3-1-2-4-15(13)21)17(28)25-6-5-22-16(27)10-25/h1-4,8-9H,5-7,10-12H2,(H,22,27). The van der Waals surface area contributed by atoms with E-state index in [4.69, 9.17) is 11.6 Å². The molecule has 2 amide bonds. The zero-order valence-corrected chi connectivity index (χ0v) is 15.8. The predicted octanol–water partition coefficient (Wildman–Crippen LogP) is 1.28. The quantitative estimate of drug-likeness (QED) is 0.832. The lowest BCUT2D eigenvalue weighted by Crippen LogP contribution is -2.67. The van der Waals surface area contributed by atoms with E-state index >= 15 is 0 Å². The molecule has 2 saturated heterocycles. The Hall–Kier alpha value is -2.74. The number of nitrogens with zero attached hydrogens (tertiary/aromatic N) is 4. The molecule has 28 heavy (non-hydrogen) atoms. The molecule has 0 bridgehead atoms. The summed E-state index contributed by atoms with van der Waals surface area (Å²) in [5.74, 6) is -0.196. The van der Waals surface area contributed by atoms with Gasteiger partial charge >= 0.3 is 0 Å². The molecule has 2 aliphatic rings. The van der Waals surface area contributed by atoms with Crippen molar-refractivity contribution in [3.05, 3.63) is 53.1 Å². The van der Waals surface area contributed by atoms with E-state index in [1.165, 1.54) is 18.5 Å². The van der Waals surface area contributed by atoms with E-state index in [1.54, 1.807) is 23.1 Å². The van der Waals surface area contributed by atoms with Crippen LogP contribution >= 0.6 is 11.6 Å². The number of carbonyl (C=O) groups excluding carboxylic acids is 2. The number of hydrogen-bond donors (Lipinski definition) is 1. The van der Waals surface area contributed by atoms with Gasteiger partial charge in [0.1, 0.15) is 5.82 Å². The molecular formula is C19H19ClFN5O2. The van der Waals surface area contributed by atoms with E-state index < -0.39 is 5.41 Å². The van der Waals surface area contributed by atoms with Crippen molar-refractivity contribution in [2.24, 2.45) is 5.41 Å².